The van der Waals surface area contributed by atoms with Crippen molar-refractivity contribution in [1.82, 2.24) is 0 Å². The summed E-state index contributed by atoms with van der Waals surface area (Å²) >= 11 is 0. The molecule has 0 radical (unpaired) electrons. The van der Waals surface area contributed by atoms with Gasteiger partial charge in [0.05, 0.1) is 17.7 Å². The topological polar surface area (TPSA) is 74.9 Å². The zero-order chi connectivity index (χ0) is 13.2. The van der Waals surface area contributed by atoms with Gasteiger partial charge in [0.15, 0.2) is 15.1 Å². The third-order valence-electron chi connectivity index (χ3n) is 2.85. The average molecular weight is 266 g/mol. The third kappa shape index (κ3) is 2.32. The van der Waals surface area contributed by atoms with Crippen LogP contribution in [0.5, 0.6) is 0 Å². The first-order valence-corrected chi connectivity index (χ1v) is 7.23. The Labute approximate surface area is 106 Å². The molecule has 4 nitrogen and oxygen atoms in total. The molecule has 2 rings (SSSR count). The van der Waals surface area contributed by atoms with Crippen molar-refractivity contribution in [3.63, 3.8) is 0 Å². The largest absolute Gasteiger partial charge is 0.468 e. The van der Waals surface area contributed by atoms with Gasteiger partial charge in [-0.05, 0) is 31.2 Å². The van der Waals surface area contributed by atoms with Gasteiger partial charge in [-0.1, -0.05) is 17.7 Å². The molecule has 0 saturated carbocycles. The van der Waals surface area contributed by atoms with Gasteiger partial charge in [0, 0.05) is 0 Å². The summed E-state index contributed by atoms with van der Waals surface area (Å²) in [4.78, 5) is 0.304. The molecule has 3 N–H and O–H groups in total. The lowest BCUT2D eigenvalue weighted by atomic mass is 10.2. The Morgan fingerprint density at radius 2 is 1.89 bits per heavy atom. The number of aryl methyl sites for hydroxylation is 1. The number of rotatable bonds is 4. The van der Waals surface area contributed by atoms with Crippen LogP contribution in [-0.2, 0) is 9.84 Å². The lowest BCUT2D eigenvalue weighted by Gasteiger charge is -2.12. The van der Waals surface area contributed by atoms with Gasteiger partial charge < -0.3 is 10.2 Å². The highest BCUT2D eigenvalue weighted by Crippen LogP contribution is 2.28. The monoisotopic (exact) mass is 266 g/mol. The van der Waals surface area contributed by atoms with E-state index in [1.165, 1.54) is 6.26 Å². The van der Waals surface area contributed by atoms with Gasteiger partial charge in [0.1, 0.15) is 5.76 Å². The minimum Gasteiger partial charge on any atom is -0.468 e. The molecule has 0 saturated heterocycles. The molecule has 0 aliphatic carbocycles. The maximum atomic E-state index is 12.5. The van der Waals surface area contributed by atoms with E-state index in [1.807, 2.05) is 6.92 Å². The maximum Gasteiger partial charge on any atom is 0.194 e. The standard InChI is InChI=1S/C13H15NO3S/c1-10-4-6-11(7-5-10)18(15,16)13(9-14)12-3-2-8-17-12/h2-8,13H,9,14H2,1H3/p+1/t13-/m0/s1. The van der Waals surface area contributed by atoms with Crippen LogP contribution in [0.15, 0.2) is 52.0 Å². The summed E-state index contributed by atoms with van der Waals surface area (Å²) in [5, 5.41) is -0.727. The number of hydrogen-bond acceptors (Lipinski definition) is 3. The first-order chi connectivity index (χ1) is 8.55. The Kier molecular flexibility index (Phi) is 3.54. The molecule has 0 spiro atoms. The van der Waals surface area contributed by atoms with E-state index in [2.05, 4.69) is 5.73 Å². The normalized spacial score (nSPS) is 13.4. The third-order valence-corrected chi connectivity index (χ3v) is 4.99. The van der Waals surface area contributed by atoms with Crippen LogP contribution in [0.2, 0.25) is 0 Å². The fourth-order valence-corrected chi connectivity index (χ4v) is 3.41. The molecule has 96 valence electrons. The summed E-state index contributed by atoms with van der Waals surface area (Å²) in [6.07, 6.45) is 1.47. The highest BCUT2D eigenvalue weighted by molar-refractivity contribution is 7.91. The summed E-state index contributed by atoms with van der Waals surface area (Å²) in [6, 6.07) is 10.2. The average Bonchev–Trinajstić information content (AvgIpc) is 2.84. The molecule has 18 heavy (non-hydrogen) atoms. The van der Waals surface area contributed by atoms with Gasteiger partial charge in [0.2, 0.25) is 0 Å². The van der Waals surface area contributed by atoms with Gasteiger partial charge in [-0.3, -0.25) is 0 Å². The van der Waals surface area contributed by atoms with E-state index in [-0.39, 0.29) is 6.54 Å². The summed E-state index contributed by atoms with van der Waals surface area (Å²) in [7, 11) is -3.45. The molecule has 1 atom stereocenters. The Bertz CT molecular complexity index is 600. The number of furan rings is 1. The SMILES string of the molecule is Cc1ccc(S(=O)(=O)[C@@H](C[NH3+])c2ccco2)cc1. The van der Waals surface area contributed by atoms with Gasteiger partial charge >= 0.3 is 0 Å². The fourth-order valence-electron chi connectivity index (χ4n) is 1.82. The lowest BCUT2D eigenvalue weighted by molar-refractivity contribution is -0.368. The van der Waals surface area contributed by atoms with E-state index < -0.39 is 15.1 Å². The van der Waals surface area contributed by atoms with Crippen LogP contribution in [0.1, 0.15) is 16.6 Å². The first kappa shape index (κ1) is 12.9. The fraction of sp³-hybridized carbons (Fsp3) is 0.231. The molecule has 0 unspecified atom stereocenters. The molecule has 0 fully saturated rings. The molecule has 1 aromatic heterocycles. The second-order valence-corrected chi connectivity index (χ2v) is 6.28. The van der Waals surface area contributed by atoms with E-state index in [4.69, 9.17) is 4.42 Å². The Morgan fingerprint density at radius 3 is 2.39 bits per heavy atom. The van der Waals surface area contributed by atoms with Crippen molar-refractivity contribution >= 4 is 9.84 Å². The number of sulfone groups is 1. The van der Waals surface area contributed by atoms with Crippen LogP contribution >= 0.6 is 0 Å². The van der Waals surface area contributed by atoms with Crippen LogP contribution in [-0.4, -0.2) is 15.0 Å². The predicted octanol–water partition coefficient (Wildman–Crippen LogP) is 1.34. The van der Waals surface area contributed by atoms with Gasteiger partial charge in [0.25, 0.3) is 0 Å². The van der Waals surface area contributed by atoms with Crippen LogP contribution in [0, 0.1) is 6.92 Å². The molecule has 0 bridgehead atoms. The highest BCUT2D eigenvalue weighted by atomic mass is 32.2. The van der Waals surface area contributed by atoms with Crippen molar-refractivity contribution in [2.24, 2.45) is 0 Å². The van der Waals surface area contributed by atoms with Crippen molar-refractivity contribution in [2.45, 2.75) is 17.1 Å². The maximum absolute atomic E-state index is 12.5. The predicted molar refractivity (Wildman–Crippen MR) is 67.6 cm³/mol. The summed E-state index contributed by atoms with van der Waals surface area (Å²) < 4.78 is 30.1. The van der Waals surface area contributed by atoms with Crippen molar-refractivity contribution < 1.29 is 18.6 Å². The Balaban J connectivity index is 2.44. The molecule has 1 aromatic carbocycles. The second kappa shape index (κ2) is 4.96. The summed E-state index contributed by atoms with van der Waals surface area (Å²) in [5.74, 6) is 0.436. The molecule has 1 heterocycles. The van der Waals surface area contributed by atoms with Gasteiger partial charge in [-0.2, -0.15) is 0 Å². The quantitative estimate of drug-likeness (QED) is 0.907. The molecule has 2 aromatic rings. The molecule has 0 amide bonds. The van der Waals surface area contributed by atoms with E-state index >= 15 is 0 Å². The number of benzene rings is 1. The molecular formula is C13H16NO3S+. The zero-order valence-corrected chi connectivity index (χ0v) is 11.0. The summed E-state index contributed by atoms with van der Waals surface area (Å²) in [5.41, 5.74) is 4.74. The number of hydrogen-bond donors (Lipinski definition) is 1. The Hall–Kier alpha value is -1.59. The van der Waals surface area contributed by atoms with E-state index in [9.17, 15) is 8.42 Å². The van der Waals surface area contributed by atoms with Crippen LogP contribution < -0.4 is 5.73 Å². The van der Waals surface area contributed by atoms with Crippen molar-refractivity contribution in [3.05, 3.63) is 54.0 Å². The van der Waals surface area contributed by atoms with Crippen molar-refractivity contribution in [2.75, 3.05) is 6.54 Å². The minimum atomic E-state index is -3.45. The Morgan fingerprint density at radius 1 is 1.22 bits per heavy atom. The summed E-state index contributed by atoms with van der Waals surface area (Å²) in [6.45, 7) is 2.16. The zero-order valence-electron chi connectivity index (χ0n) is 10.2. The molecular weight excluding hydrogens is 250 g/mol. The van der Waals surface area contributed by atoms with Crippen LogP contribution in [0.25, 0.3) is 0 Å². The van der Waals surface area contributed by atoms with Crippen LogP contribution in [0.3, 0.4) is 0 Å². The first-order valence-electron chi connectivity index (χ1n) is 5.69. The molecule has 0 aliphatic rings. The highest BCUT2D eigenvalue weighted by Gasteiger charge is 2.31. The number of quaternary nitrogens is 1. The smallest absolute Gasteiger partial charge is 0.194 e. The van der Waals surface area contributed by atoms with E-state index in [1.54, 1.807) is 36.4 Å². The van der Waals surface area contributed by atoms with E-state index in [0.29, 0.717) is 10.7 Å². The van der Waals surface area contributed by atoms with Crippen molar-refractivity contribution in [1.29, 1.82) is 0 Å². The van der Waals surface area contributed by atoms with Gasteiger partial charge in [-0.25, -0.2) is 8.42 Å². The molecule has 0 aliphatic heterocycles. The molecule has 5 heteroatoms. The lowest BCUT2D eigenvalue weighted by Crippen LogP contribution is -2.54. The minimum absolute atomic E-state index is 0.240. The second-order valence-electron chi connectivity index (χ2n) is 4.15. The van der Waals surface area contributed by atoms with Crippen LogP contribution in [0.4, 0.5) is 0 Å². The van der Waals surface area contributed by atoms with E-state index in [0.717, 1.165) is 5.56 Å². The van der Waals surface area contributed by atoms with Crippen molar-refractivity contribution in [3.8, 4) is 0 Å². The van der Waals surface area contributed by atoms with Gasteiger partial charge in [-0.15, -0.1) is 0 Å².